The summed E-state index contributed by atoms with van der Waals surface area (Å²) in [7, 11) is 0. The molecular weight excluding hydrogens is 389 g/mol. The van der Waals surface area contributed by atoms with Crippen LogP contribution in [0, 0.1) is 17.1 Å². The number of thiazole rings is 1. The van der Waals surface area contributed by atoms with Gasteiger partial charge in [-0.1, -0.05) is 25.1 Å². The predicted octanol–water partition coefficient (Wildman–Crippen LogP) is 5.28. The van der Waals surface area contributed by atoms with Crippen LogP contribution in [0.4, 0.5) is 9.52 Å². The predicted molar refractivity (Wildman–Crippen MR) is 112 cm³/mol. The van der Waals surface area contributed by atoms with Crippen LogP contribution >= 0.6 is 11.3 Å². The lowest BCUT2D eigenvalue weighted by Gasteiger charge is -2.08. The van der Waals surface area contributed by atoms with Crippen LogP contribution in [0.1, 0.15) is 18.9 Å². The van der Waals surface area contributed by atoms with Crippen molar-refractivity contribution in [1.82, 2.24) is 4.98 Å². The summed E-state index contributed by atoms with van der Waals surface area (Å²) in [6.45, 7) is 2.55. The van der Waals surface area contributed by atoms with Crippen molar-refractivity contribution in [2.24, 2.45) is 0 Å². The fourth-order valence-corrected chi connectivity index (χ4v) is 3.21. The first-order valence-corrected chi connectivity index (χ1v) is 9.85. The van der Waals surface area contributed by atoms with Gasteiger partial charge in [0.15, 0.2) is 5.13 Å². The summed E-state index contributed by atoms with van der Waals surface area (Å²) in [5.41, 5.74) is 1.95. The summed E-state index contributed by atoms with van der Waals surface area (Å²) in [6.07, 6.45) is 2.35. The molecular formula is C22H18FN3O2S. The number of amides is 1. The third-order valence-electron chi connectivity index (χ3n) is 3.91. The number of para-hydroxylation sites is 1. The average molecular weight is 407 g/mol. The molecule has 0 unspecified atom stereocenters. The van der Waals surface area contributed by atoms with Gasteiger partial charge in [0.1, 0.15) is 23.2 Å². The number of carbonyl (C=O) groups excluding carboxylic acids is 1. The minimum Gasteiger partial charge on any atom is -0.493 e. The molecule has 1 aromatic heterocycles. The number of ether oxygens (including phenoxy) is 1. The van der Waals surface area contributed by atoms with E-state index in [2.05, 4.69) is 10.3 Å². The Morgan fingerprint density at radius 3 is 2.76 bits per heavy atom. The standard InChI is InChI=1S/C22H18FN3O2S/c1-2-11-28-20-6-4-3-5-16(20)12-17(13-24)21(27)26-22-25-19(14-29-22)15-7-9-18(23)10-8-15/h3-10,12,14H,2,11H2,1H3,(H,25,26,27)/b17-12+. The third-order valence-corrected chi connectivity index (χ3v) is 4.67. The molecule has 0 fully saturated rings. The van der Waals surface area contributed by atoms with Gasteiger partial charge in [0.05, 0.1) is 12.3 Å². The Bertz CT molecular complexity index is 1070. The van der Waals surface area contributed by atoms with Gasteiger partial charge in [0.2, 0.25) is 0 Å². The second-order valence-corrected chi connectivity index (χ2v) is 6.91. The number of anilines is 1. The number of nitriles is 1. The number of hydrogen-bond acceptors (Lipinski definition) is 5. The number of hydrogen-bond donors (Lipinski definition) is 1. The second kappa shape index (κ2) is 9.62. The first kappa shape index (κ1) is 20.2. The molecule has 0 aliphatic carbocycles. The molecule has 0 aliphatic rings. The van der Waals surface area contributed by atoms with E-state index in [0.29, 0.717) is 28.7 Å². The Morgan fingerprint density at radius 1 is 1.28 bits per heavy atom. The summed E-state index contributed by atoms with van der Waals surface area (Å²) >= 11 is 1.23. The lowest BCUT2D eigenvalue weighted by Crippen LogP contribution is -2.13. The van der Waals surface area contributed by atoms with Crippen LogP contribution in [-0.4, -0.2) is 17.5 Å². The fraction of sp³-hybridized carbons (Fsp3) is 0.136. The van der Waals surface area contributed by atoms with E-state index >= 15 is 0 Å². The van der Waals surface area contributed by atoms with Gasteiger partial charge >= 0.3 is 0 Å². The van der Waals surface area contributed by atoms with E-state index < -0.39 is 5.91 Å². The van der Waals surface area contributed by atoms with E-state index in [4.69, 9.17) is 4.74 Å². The maximum Gasteiger partial charge on any atom is 0.268 e. The molecule has 1 N–H and O–H groups in total. The molecule has 29 heavy (non-hydrogen) atoms. The largest absolute Gasteiger partial charge is 0.493 e. The molecule has 5 nitrogen and oxygen atoms in total. The molecule has 0 saturated carbocycles. The Kier molecular flexibility index (Phi) is 6.72. The van der Waals surface area contributed by atoms with Crippen LogP contribution in [0.3, 0.4) is 0 Å². The van der Waals surface area contributed by atoms with Crippen LogP contribution < -0.4 is 10.1 Å². The van der Waals surface area contributed by atoms with Gasteiger partial charge in [-0.2, -0.15) is 5.26 Å². The first-order valence-electron chi connectivity index (χ1n) is 8.97. The molecule has 3 aromatic rings. The number of carbonyl (C=O) groups is 1. The maximum absolute atomic E-state index is 13.1. The summed E-state index contributed by atoms with van der Waals surface area (Å²) in [4.78, 5) is 16.9. The highest BCUT2D eigenvalue weighted by atomic mass is 32.1. The van der Waals surface area contributed by atoms with Gasteiger partial charge in [-0.05, 0) is 42.8 Å². The Hall–Kier alpha value is -3.50. The molecule has 3 rings (SSSR count). The van der Waals surface area contributed by atoms with E-state index in [9.17, 15) is 14.4 Å². The SMILES string of the molecule is CCCOc1ccccc1/C=C(\C#N)C(=O)Nc1nc(-c2ccc(F)cc2)cs1. The van der Waals surface area contributed by atoms with Crippen molar-refractivity contribution in [3.63, 3.8) is 0 Å². The third kappa shape index (κ3) is 5.27. The second-order valence-electron chi connectivity index (χ2n) is 6.06. The number of halogens is 1. The van der Waals surface area contributed by atoms with Crippen LogP contribution in [0.5, 0.6) is 5.75 Å². The highest BCUT2D eigenvalue weighted by Gasteiger charge is 2.14. The topological polar surface area (TPSA) is 75.0 Å². The van der Waals surface area contributed by atoms with E-state index in [1.165, 1.54) is 29.5 Å². The minimum atomic E-state index is -0.558. The summed E-state index contributed by atoms with van der Waals surface area (Å²) in [5, 5.41) is 14.2. The number of rotatable bonds is 7. The molecule has 2 aromatic carbocycles. The molecule has 0 bridgehead atoms. The van der Waals surface area contributed by atoms with E-state index in [1.54, 1.807) is 29.6 Å². The quantitative estimate of drug-likeness (QED) is 0.427. The molecule has 1 amide bonds. The summed E-state index contributed by atoms with van der Waals surface area (Å²) < 4.78 is 18.7. The Morgan fingerprint density at radius 2 is 2.03 bits per heavy atom. The van der Waals surface area contributed by atoms with Gasteiger partial charge in [0.25, 0.3) is 5.91 Å². The number of benzene rings is 2. The van der Waals surface area contributed by atoms with Gasteiger partial charge < -0.3 is 4.74 Å². The Balaban J connectivity index is 1.77. The van der Waals surface area contributed by atoms with Crippen LogP contribution in [0.25, 0.3) is 17.3 Å². The lowest BCUT2D eigenvalue weighted by atomic mass is 10.1. The van der Waals surface area contributed by atoms with E-state index in [1.807, 2.05) is 25.1 Å². The van der Waals surface area contributed by atoms with Crippen molar-refractivity contribution < 1.29 is 13.9 Å². The smallest absolute Gasteiger partial charge is 0.268 e. The van der Waals surface area contributed by atoms with Gasteiger partial charge in [-0.15, -0.1) is 11.3 Å². The highest BCUT2D eigenvalue weighted by Crippen LogP contribution is 2.26. The molecule has 1 heterocycles. The number of nitrogens with one attached hydrogen (secondary N) is 1. The zero-order chi connectivity index (χ0) is 20.6. The van der Waals surface area contributed by atoms with Gasteiger partial charge in [0, 0.05) is 16.5 Å². The molecule has 7 heteroatoms. The van der Waals surface area contributed by atoms with Crippen molar-refractivity contribution in [3.8, 4) is 23.1 Å². The highest BCUT2D eigenvalue weighted by molar-refractivity contribution is 7.14. The van der Waals surface area contributed by atoms with Crippen molar-refractivity contribution in [2.45, 2.75) is 13.3 Å². The van der Waals surface area contributed by atoms with Crippen molar-refractivity contribution in [1.29, 1.82) is 5.26 Å². The molecule has 146 valence electrons. The van der Waals surface area contributed by atoms with E-state index in [-0.39, 0.29) is 11.4 Å². The van der Waals surface area contributed by atoms with Crippen LogP contribution in [0.2, 0.25) is 0 Å². The van der Waals surface area contributed by atoms with Crippen LogP contribution in [-0.2, 0) is 4.79 Å². The lowest BCUT2D eigenvalue weighted by molar-refractivity contribution is -0.112. The summed E-state index contributed by atoms with van der Waals surface area (Å²) in [5.74, 6) is -0.273. The van der Waals surface area contributed by atoms with Crippen molar-refractivity contribution in [3.05, 3.63) is 70.9 Å². The van der Waals surface area contributed by atoms with E-state index in [0.717, 1.165) is 12.0 Å². The maximum atomic E-state index is 13.1. The first-order chi connectivity index (χ1) is 14.1. The molecule has 0 saturated heterocycles. The molecule has 0 spiro atoms. The molecule has 0 atom stereocenters. The zero-order valence-corrected chi connectivity index (χ0v) is 16.5. The molecule has 0 aliphatic heterocycles. The molecule has 0 radical (unpaired) electrons. The summed E-state index contributed by atoms with van der Waals surface area (Å²) in [6, 6.07) is 15.1. The Labute approximate surface area is 172 Å². The fourth-order valence-electron chi connectivity index (χ4n) is 2.50. The minimum absolute atomic E-state index is 0.0592. The average Bonchev–Trinajstić information content (AvgIpc) is 3.20. The number of nitrogens with zero attached hydrogens (tertiary/aromatic N) is 2. The normalized spacial score (nSPS) is 11.0. The van der Waals surface area contributed by atoms with Crippen molar-refractivity contribution >= 4 is 28.5 Å². The number of aromatic nitrogens is 1. The van der Waals surface area contributed by atoms with Crippen LogP contribution in [0.15, 0.2) is 59.5 Å². The zero-order valence-electron chi connectivity index (χ0n) is 15.7. The van der Waals surface area contributed by atoms with Crippen molar-refractivity contribution in [2.75, 3.05) is 11.9 Å². The monoisotopic (exact) mass is 407 g/mol. The van der Waals surface area contributed by atoms with Gasteiger partial charge in [-0.3, -0.25) is 10.1 Å². The van der Waals surface area contributed by atoms with Gasteiger partial charge in [-0.25, -0.2) is 9.37 Å².